The van der Waals surface area contributed by atoms with Crippen LogP contribution in [0.4, 0.5) is 5.69 Å². The van der Waals surface area contributed by atoms with E-state index in [9.17, 15) is 14.4 Å². The zero-order chi connectivity index (χ0) is 17.5. The third-order valence-electron chi connectivity index (χ3n) is 3.06. The van der Waals surface area contributed by atoms with E-state index in [-0.39, 0.29) is 17.7 Å². The number of benzene rings is 1. The van der Waals surface area contributed by atoms with E-state index >= 15 is 0 Å². The molecule has 1 heterocycles. The summed E-state index contributed by atoms with van der Waals surface area (Å²) in [5, 5.41) is 4.55. The summed E-state index contributed by atoms with van der Waals surface area (Å²) in [7, 11) is 0. The summed E-state index contributed by atoms with van der Waals surface area (Å²) < 4.78 is 0. The Morgan fingerprint density at radius 1 is 1.00 bits per heavy atom. The molecule has 0 saturated heterocycles. The third-order valence-corrected chi connectivity index (χ3v) is 3.93. The second-order valence-electron chi connectivity index (χ2n) is 5.61. The Morgan fingerprint density at radius 3 is 2.25 bits per heavy atom. The van der Waals surface area contributed by atoms with Crippen LogP contribution in [0.2, 0.25) is 0 Å². The summed E-state index contributed by atoms with van der Waals surface area (Å²) in [5.41, 5.74) is 5.71. The van der Waals surface area contributed by atoms with Gasteiger partial charge in [0.1, 0.15) is 0 Å². The summed E-state index contributed by atoms with van der Waals surface area (Å²) >= 11 is 1.29. The van der Waals surface area contributed by atoms with Crippen LogP contribution in [0.25, 0.3) is 0 Å². The lowest BCUT2D eigenvalue weighted by Gasteiger charge is -2.09. The number of hydrogen-bond acceptors (Lipinski definition) is 4. The molecule has 2 aromatic rings. The van der Waals surface area contributed by atoms with E-state index in [0.29, 0.717) is 22.5 Å². The molecule has 7 heteroatoms. The van der Waals surface area contributed by atoms with Gasteiger partial charge in [-0.2, -0.15) is 0 Å². The standard InChI is InChI=1S/C17H19N3O3S/c1-11(2)10-15(21)18-13-7-5-12(6-8-13)16(22)19-20-17(23)14-4-3-9-24-14/h3-9,11H,10H2,1-2H3,(H,18,21)(H,19,22)(H,20,23). The van der Waals surface area contributed by atoms with Crippen molar-refractivity contribution in [3.8, 4) is 0 Å². The number of hydrazine groups is 1. The number of amides is 3. The highest BCUT2D eigenvalue weighted by Gasteiger charge is 2.10. The van der Waals surface area contributed by atoms with Gasteiger partial charge in [-0.15, -0.1) is 11.3 Å². The molecule has 0 saturated carbocycles. The highest BCUT2D eigenvalue weighted by molar-refractivity contribution is 7.12. The number of thiophene rings is 1. The predicted octanol–water partition coefficient (Wildman–Crippen LogP) is 2.81. The molecule has 0 unspecified atom stereocenters. The van der Waals surface area contributed by atoms with Gasteiger partial charge >= 0.3 is 0 Å². The third kappa shape index (κ3) is 5.20. The van der Waals surface area contributed by atoms with Gasteiger partial charge in [0.15, 0.2) is 0 Å². The Hall–Kier alpha value is -2.67. The molecular weight excluding hydrogens is 326 g/mol. The van der Waals surface area contributed by atoms with Crippen molar-refractivity contribution in [3.63, 3.8) is 0 Å². The van der Waals surface area contributed by atoms with Crippen molar-refractivity contribution in [2.45, 2.75) is 20.3 Å². The molecule has 0 aliphatic heterocycles. The van der Waals surface area contributed by atoms with Gasteiger partial charge in [0, 0.05) is 17.7 Å². The van der Waals surface area contributed by atoms with Crippen molar-refractivity contribution < 1.29 is 14.4 Å². The Morgan fingerprint density at radius 2 is 1.67 bits per heavy atom. The zero-order valence-electron chi connectivity index (χ0n) is 13.5. The summed E-state index contributed by atoms with van der Waals surface area (Å²) in [4.78, 5) is 35.9. The van der Waals surface area contributed by atoms with Crippen molar-refractivity contribution in [1.29, 1.82) is 0 Å². The minimum atomic E-state index is -0.431. The highest BCUT2D eigenvalue weighted by atomic mass is 32.1. The fraction of sp³-hybridized carbons (Fsp3) is 0.235. The van der Waals surface area contributed by atoms with Crippen molar-refractivity contribution in [1.82, 2.24) is 10.9 Å². The molecule has 0 atom stereocenters. The molecule has 3 amide bonds. The number of nitrogens with one attached hydrogen (secondary N) is 3. The lowest BCUT2D eigenvalue weighted by Crippen LogP contribution is -2.41. The van der Waals surface area contributed by atoms with Crippen molar-refractivity contribution in [3.05, 3.63) is 52.2 Å². The molecule has 0 fully saturated rings. The van der Waals surface area contributed by atoms with Gasteiger partial charge in [-0.1, -0.05) is 19.9 Å². The molecule has 0 aliphatic carbocycles. The van der Waals surface area contributed by atoms with Crippen LogP contribution in [0, 0.1) is 5.92 Å². The quantitative estimate of drug-likeness (QED) is 0.728. The Kier molecular flexibility index (Phi) is 6.08. The molecule has 3 N–H and O–H groups in total. The van der Waals surface area contributed by atoms with Crippen LogP contribution in [-0.4, -0.2) is 17.7 Å². The van der Waals surface area contributed by atoms with E-state index in [4.69, 9.17) is 0 Å². The molecule has 2 rings (SSSR count). The van der Waals surface area contributed by atoms with Crippen LogP contribution in [0.5, 0.6) is 0 Å². The maximum absolute atomic E-state index is 12.0. The first-order valence-electron chi connectivity index (χ1n) is 7.50. The summed E-state index contributed by atoms with van der Waals surface area (Å²) in [6.07, 6.45) is 0.441. The second-order valence-corrected chi connectivity index (χ2v) is 6.56. The lowest BCUT2D eigenvalue weighted by atomic mass is 10.1. The van der Waals surface area contributed by atoms with E-state index < -0.39 is 5.91 Å². The second kappa shape index (κ2) is 8.26. The first-order chi connectivity index (χ1) is 11.5. The molecule has 24 heavy (non-hydrogen) atoms. The number of carbonyl (C=O) groups excluding carboxylic acids is 3. The molecule has 0 radical (unpaired) electrons. The van der Waals surface area contributed by atoms with Gasteiger partial charge in [0.25, 0.3) is 11.8 Å². The number of rotatable bonds is 5. The fourth-order valence-electron chi connectivity index (χ4n) is 1.94. The first-order valence-corrected chi connectivity index (χ1v) is 8.38. The zero-order valence-corrected chi connectivity index (χ0v) is 14.3. The predicted molar refractivity (Wildman–Crippen MR) is 93.8 cm³/mol. The van der Waals surface area contributed by atoms with E-state index in [1.807, 2.05) is 13.8 Å². The molecule has 126 valence electrons. The fourth-order valence-corrected chi connectivity index (χ4v) is 2.56. The largest absolute Gasteiger partial charge is 0.326 e. The Balaban J connectivity index is 1.87. The van der Waals surface area contributed by atoms with Crippen LogP contribution >= 0.6 is 11.3 Å². The molecule has 1 aromatic heterocycles. The van der Waals surface area contributed by atoms with Crippen LogP contribution in [0.3, 0.4) is 0 Å². The number of anilines is 1. The topological polar surface area (TPSA) is 87.3 Å². The van der Waals surface area contributed by atoms with Crippen molar-refractivity contribution in [2.24, 2.45) is 5.92 Å². The molecular formula is C17H19N3O3S. The van der Waals surface area contributed by atoms with Gasteiger partial charge in [0.2, 0.25) is 5.91 Å². The smallest absolute Gasteiger partial charge is 0.279 e. The van der Waals surface area contributed by atoms with E-state index in [1.54, 1.807) is 41.8 Å². The maximum atomic E-state index is 12.0. The number of hydrogen-bond donors (Lipinski definition) is 3. The van der Waals surface area contributed by atoms with E-state index in [1.165, 1.54) is 11.3 Å². The molecule has 1 aromatic carbocycles. The summed E-state index contributed by atoms with van der Waals surface area (Å²) in [6, 6.07) is 9.88. The average Bonchev–Trinajstić information content (AvgIpc) is 3.06. The van der Waals surface area contributed by atoms with Gasteiger partial charge in [-0.25, -0.2) is 0 Å². The normalized spacial score (nSPS) is 10.3. The monoisotopic (exact) mass is 345 g/mol. The van der Waals surface area contributed by atoms with Gasteiger partial charge in [-0.05, 0) is 41.6 Å². The van der Waals surface area contributed by atoms with Gasteiger partial charge in [0.05, 0.1) is 4.88 Å². The number of carbonyl (C=O) groups is 3. The molecule has 0 bridgehead atoms. The van der Waals surface area contributed by atoms with E-state index in [0.717, 1.165) is 0 Å². The average molecular weight is 345 g/mol. The van der Waals surface area contributed by atoms with Crippen molar-refractivity contribution >= 4 is 34.7 Å². The summed E-state index contributed by atoms with van der Waals surface area (Å²) in [5.74, 6) is -0.580. The van der Waals surface area contributed by atoms with E-state index in [2.05, 4.69) is 16.2 Å². The maximum Gasteiger partial charge on any atom is 0.279 e. The first kappa shape index (κ1) is 17.7. The minimum Gasteiger partial charge on any atom is -0.326 e. The van der Waals surface area contributed by atoms with Crippen LogP contribution in [0.1, 0.15) is 40.3 Å². The SMILES string of the molecule is CC(C)CC(=O)Nc1ccc(C(=O)NNC(=O)c2cccs2)cc1. The highest BCUT2D eigenvalue weighted by Crippen LogP contribution is 2.11. The lowest BCUT2D eigenvalue weighted by molar-refractivity contribution is -0.116. The van der Waals surface area contributed by atoms with Gasteiger partial charge in [-0.3, -0.25) is 25.2 Å². The Bertz CT molecular complexity index is 709. The van der Waals surface area contributed by atoms with Crippen LogP contribution < -0.4 is 16.2 Å². The van der Waals surface area contributed by atoms with Crippen LogP contribution in [-0.2, 0) is 4.79 Å². The minimum absolute atomic E-state index is 0.0644. The van der Waals surface area contributed by atoms with Crippen molar-refractivity contribution in [2.75, 3.05) is 5.32 Å². The molecule has 0 spiro atoms. The summed E-state index contributed by atoms with van der Waals surface area (Å²) in [6.45, 7) is 3.94. The van der Waals surface area contributed by atoms with Crippen LogP contribution in [0.15, 0.2) is 41.8 Å². The molecule has 0 aliphatic rings. The Labute approximate surface area is 144 Å². The molecule has 6 nitrogen and oxygen atoms in total. The van der Waals surface area contributed by atoms with Gasteiger partial charge < -0.3 is 5.32 Å².